The van der Waals surface area contributed by atoms with E-state index in [1.807, 2.05) is 36.4 Å². The van der Waals surface area contributed by atoms with Crippen LogP contribution in [0.2, 0.25) is 0 Å². The van der Waals surface area contributed by atoms with Gasteiger partial charge in [0, 0.05) is 11.8 Å². The van der Waals surface area contributed by atoms with Gasteiger partial charge in [0.05, 0.1) is 30.9 Å². The van der Waals surface area contributed by atoms with Gasteiger partial charge in [-0.3, -0.25) is 14.6 Å². The highest BCUT2D eigenvalue weighted by Gasteiger charge is 2.16. The Morgan fingerprint density at radius 2 is 1.91 bits per heavy atom. The van der Waals surface area contributed by atoms with Crippen LogP contribution in [-0.2, 0) is 16.1 Å². The SMILES string of the molecule is COc1cccc(/C=N/NC(=O)CNC(=O)Cn2c(-c3ccccn3)nc3ccccc32)c1O. The Labute approximate surface area is 194 Å². The second-order valence-electron chi connectivity index (χ2n) is 7.19. The van der Waals surface area contributed by atoms with Crippen LogP contribution < -0.4 is 15.5 Å². The monoisotopic (exact) mass is 458 g/mol. The highest BCUT2D eigenvalue weighted by atomic mass is 16.5. The minimum Gasteiger partial charge on any atom is -0.504 e. The van der Waals surface area contributed by atoms with Crippen LogP contribution in [0.15, 0.2) is 72.0 Å². The van der Waals surface area contributed by atoms with Gasteiger partial charge in [0.25, 0.3) is 5.91 Å². The van der Waals surface area contributed by atoms with Crippen molar-refractivity contribution in [1.82, 2.24) is 25.3 Å². The molecule has 2 heterocycles. The normalized spacial score (nSPS) is 11.0. The van der Waals surface area contributed by atoms with Crippen LogP contribution in [0.3, 0.4) is 0 Å². The number of amides is 2. The summed E-state index contributed by atoms with van der Waals surface area (Å²) in [6.07, 6.45) is 2.95. The molecule has 0 aliphatic carbocycles. The quantitative estimate of drug-likeness (QED) is 0.274. The van der Waals surface area contributed by atoms with Crippen LogP contribution in [0.25, 0.3) is 22.6 Å². The maximum Gasteiger partial charge on any atom is 0.259 e. The number of hydrazone groups is 1. The number of aromatic nitrogens is 3. The van der Waals surface area contributed by atoms with Crippen LogP contribution in [0, 0.1) is 0 Å². The minimum atomic E-state index is -0.521. The molecule has 2 amide bonds. The Hall–Kier alpha value is -4.73. The Bertz CT molecular complexity index is 1350. The lowest BCUT2D eigenvalue weighted by Crippen LogP contribution is -2.36. The van der Waals surface area contributed by atoms with Gasteiger partial charge in [0.1, 0.15) is 12.2 Å². The number of methoxy groups -OCH3 is 1. The number of hydrogen-bond donors (Lipinski definition) is 3. The highest BCUT2D eigenvalue weighted by Crippen LogP contribution is 2.28. The first-order chi connectivity index (χ1) is 16.6. The molecular weight excluding hydrogens is 436 g/mol. The van der Waals surface area contributed by atoms with E-state index in [2.05, 4.69) is 25.8 Å². The van der Waals surface area contributed by atoms with Gasteiger partial charge in [-0.15, -0.1) is 0 Å². The zero-order chi connectivity index (χ0) is 23.9. The molecule has 4 rings (SSSR count). The molecule has 0 fully saturated rings. The van der Waals surface area contributed by atoms with Gasteiger partial charge in [0.15, 0.2) is 17.3 Å². The minimum absolute atomic E-state index is 0.0410. The molecular formula is C24H22N6O4. The molecule has 0 aliphatic heterocycles. The van der Waals surface area contributed by atoms with Gasteiger partial charge in [-0.1, -0.05) is 24.3 Å². The van der Waals surface area contributed by atoms with E-state index in [-0.39, 0.29) is 24.7 Å². The fourth-order valence-electron chi connectivity index (χ4n) is 3.33. The Morgan fingerprint density at radius 1 is 1.09 bits per heavy atom. The molecule has 0 bridgehead atoms. The van der Waals surface area contributed by atoms with E-state index in [9.17, 15) is 14.7 Å². The molecule has 2 aromatic heterocycles. The average molecular weight is 458 g/mol. The first-order valence-electron chi connectivity index (χ1n) is 10.4. The van der Waals surface area contributed by atoms with Crippen LogP contribution in [-0.4, -0.2) is 51.3 Å². The predicted molar refractivity (Wildman–Crippen MR) is 126 cm³/mol. The Kier molecular flexibility index (Phi) is 6.78. The van der Waals surface area contributed by atoms with Crippen molar-refractivity contribution in [2.24, 2.45) is 5.10 Å². The van der Waals surface area contributed by atoms with Gasteiger partial charge >= 0.3 is 0 Å². The summed E-state index contributed by atoms with van der Waals surface area (Å²) in [4.78, 5) is 33.7. The number of imidazole rings is 1. The number of ether oxygens (including phenoxy) is 1. The fourth-order valence-corrected chi connectivity index (χ4v) is 3.33. The molecule has 2 aromatic carbocycles. The molecule has 10 heteroatoms. The zero-order valence-electron chi connectivity index (χ0n) is 18.3. The van der Waals surface area contributed by atoms with Gasteiger partial charge in [-0.25, -0.2) is 10.4 Å². The van der Waals surface area contributed by atoms with Crippen LogP contribution in [0.1, 0.15) is 5.56 Å². The third kappa shape index (κ3) is 5.01. The van der Waals surface area contributed by atoms with Crippen LogP contribution in [0.5, 0.6) is 11.5 Å². The summed E-state index contributed by atoms with van der Waals surface area (Å²) in [6, 6.07) is 17.8. The lowest BCUT2D eigenvalue weighted by Gasteiger charge is -2.09. The molecule has 0 saturated carbocycles. The lowest BCUT2D eigenvalue weighted by atomic mass is 10.2. The maximum absolute atomic E-state index is 12.6. The summed E-state index contributed by atoms with van der Waals surface area (Å²) < 4.78 is 6.79. The molecule has 34 heavy (non-hydrogen) atoms. The molecule has 172 valence electrons. The third-order valence-electron chi connectivity index (χ3n) is 4.94. The molecule has 0 aliphatic rings. The summed E-state index contributed by atoms with van der Waals surface area (Å²) in [5.74, 6) is -0.131. The standard InChI is InChI=1S/C24H22N6O4/c1-34-20-11-6-7-16(23(20)33)13-27-29-21(31)14-26-22(32)15-30-19-10-3-2-8-17(19)28-24(30)18-9-4-5-12-25-18/h2-13,33H,14-15H2,1H3,(H,26,32)(H,29,31)/b27-13+. The van der Waals surface area contributed by atoms with E-state index in [4.69, 9.17) is 4.74 Å². The molecule has 0 spiro atoms. The maximum atomic E-state index is 12.6. The van der Waals surface area contributed by atoms with E-state index >= 15 is 0 Å². The van der Waals surface area contributed by atoms with Crippen molar-refractivity contribution in [2.45, 2.75) is 6.54 Å². The van der Waals surface area contributed by atoms with Crippen molar-refractivity contribution < 1.29 is 19.4 Å². The van der Waals surface area contributed by atoms with Gasteiger partial charge in [-0.2, -0.15) is 5.10 Å². The molecule has 0 saturated heterocycles. The number of benzene rings is 2. The Morgan fingerprint density at radius 3 is 2.71 bits per heavy atom. The number of rotatable bonds is 8. The number of phenols is 1. The highest BCUT2D eigenvalue weighted by molar-refractivity contribution is 5.89. The number of hydrogen-bond acceptors (Lipinski definition) is 7. The van der Waals surface area contributed by atoms with Crippen molar-refractivity contribution >= 4 is 29.1 Å². The number of nitrogens with one attached hydrogen (secondary N) is 2. The number of fused-ring (bicyclic) bond motifs is 1. The number of carbonyl (C=O) groups is 2. The molecule has 0 unspecified atom stereocenters. The number of carbonyl (C=O) groups excluding carboxylic acids is 2. The van der Waals surface area contributed by atoms with Crippen LogP contribution in [0.4, 0.5) is 0 Å². The summed E-state index contributed by atoms with van der Waals surface area (Å²) in [6.45, 7) is -0.313. The fraction of sp³-hybridized carbons (Fsp3) is 0.125. The predicted octanol–water partition coefficient (Wildman–Crippen LogP) is 2.08. The summed E-state index contributed by atoms with van der Waals surface area (Å²) in [7, 11) is 1.44. The van der Waals surface area contributed by atoms with E-state index in [1.165, 1.54) is 13.3 Å². The van der Waals surface area contributed by atoms with Gasteiger partial charge in [-0.05, 0) is 36.4 Å². The molecule has 3 N–H and O–H groups in total. The number of nitrogens with zero attached hydrogens (tertiary/aromatic N) is 4. The average Bonchev–Trinajstić information content (AvgIpc) is 3.22. The van der Waals surface area contributed by atoms with Crippen molar-refractivity contribution in [2.75, 3.05) is 13.7 Å². The lowest BCUT2D eigenvalue weighted by molar-refractivity contribution is -0.126. The van der Waals surface area contributed by atoms with Crippen LogP contribution >= 0.6 is 0 Å². The van der Waals surface area contributed by atoms with Gasteiger partial charge < -0.3 is 19.7 Å². The largest absolute Gasteiger partial charge is 0.504 e. The van der Waals surface area contributed by atoms with Crippen molar-refractivity contribution in [3.8, 4) is 23.0 Å². The van der Waals surface area contributed by atoms with Crippen molar-refractivity contribution in [1.29, 1.82) is 0 Å². The molecule has 0 radical (unpaired) electrons. The summed E-state index contributed by atoms with van der Waals surface area (Å²) in [5, 5.41) is 16.4. The zero-order valence-corrected chi connectivity index (χ0v) is 18.3. The van der Waals surface area contributed by atoms with Crippen molar-refractivity contribution in [3.63, 3.8) is 0 Å². The summed E-state index contributed by atoms with van der Waals surface area (Å²) >= 11 is 0. The summed E-state index contributed by atoms with van der Waals surface area (Å²) in [5.41, 5.74) is 4.85. The number of para-hydroxylation sites is 3. The van der Waals surface area contributed by atoms with E-state index < -0.39 is 5.91 Å². The first-order valence-corrected chi connectivity index (χ1v) is 10.4. The molecule has 4 aromatic rings. The number of aromatic hydroxyl groups is 1. The first kappa shape index (κ1) is 22.5. The van der Waals surface area contributed by atoms with E-state index in [1.54, 1.807) is 35.0 Å². The van der Waals surface area contributed by atoms with E-state index in [0.717, 1.165) is 11.0 Å². The third-order valence-corrected chi connectivity index (χ3v) is 4.94. The van der Waals surface area contributed by atoms with Gasteiger partial charge in [0.2, 0.25) is 5.91 Å². The smallest absolute Gasteiger partial charge is 0.259 e. The number of phenolic OH excluding ortho intramolecular Hbond substituents is 1. The topological polar surface area (TPSA) is 131 Å². The second-order valence-corrected chi connectivity index (χ2v) is 7.19. The van der Waals surface area contributed by atoms with E-state index in [0.29, 0.717) is 22.8 Å². The Balaban J connectivity index is 1.39. The number of pyridine rings is 1. The molecule has 10 nitrogen and oxygen atoms in total. The molecule has 0 atom stereocenters. The second kappa shape index (κ2) is 10.3. The van der Waals surface area contributed by atoms with Crippen molar-refractivity contribution in [3.05, 3.63) is 72.4 Å².